The van der Waals surface area contributed by atoms with Crippen LogP contribution in [0.5, 0.6) is 0 Å². The summed E-state index contributed by atoms with van der Waals surface area (Å²) in [4.78, 5) is 19.5. The molecular weight excluding hydrogens is 247 g/mol. The Morgan fingerprint density at radius 3 is 2.58 bits per heavy atom. The fourth-order valence-electron chi connectivity index (χ4n) is 1.66. The van der Waals surface area contributed by atoms with E-state index in [0.717, 1.165) is 5.69 Å². The van der Waals surface area contributed by atoms with Crippen molar-refractivity contribution in [1.82, 2.24) is 9.97 Å². The van der Waals surface area contributed by atoms with Crippen molar-refractivity contribution in [2.24, 2.45) is 5.73 Å². The quantitative estimate of drug-likeness (QED) is 0.874. The molecule has 19 heavy (non-hydrogen) atoms. The van der Waals surface area contributed by atoms with Gasteiger partial charge in [0, 0.05) is 11.8 Å². The fraction of sp³-hybridized carbons (Fsp3) is 0.154. The highest BCUT2D eigenvalue weighted by Crippen LogP contribution is 2.18. The van der Waals surface area contributed by atoms with E-state index in [9.17, 15) is 9.18 Å². The van der Waals surface area contributed by atoms with E-state index >= 15 is 0 Å². The Balaban J connectivity index is 2.26. The normalized spacial score (nSPS) is 11.9. The van der Waals surface area contributed by atoms with Crippen LogP contribution in [-0.4, -0.2) is 15.9 Å². The van der Waals surface area contributed by atoms with E-state index in [0.29, 0.717) is 11.4 Å². The summed E-state index contributed by atoms with van der Waals surface area (Å²) in [7, 11) is 0. The van der Waals surface area contributed by atoms with Crippen LogP contribution in [0.15, 0.2) is 36.7 Å². The molecule has 0 aliphatic rings. The van der Waals surface area contributed by atoms with Crippen molar-refractivity contribution in [2.45, 2.75) is 13.0 Å². The van der Waals surface area contributed by atoms with E-state index in [1.807, 2.05) is 6.92 Å². The average molecular weight is 260 g/mol. The molecule has 0 aliphatic carbocycles. The maximum Gasteiger partial charge on any atom is 0.244 e. The number of primary amides is 1. The smallest absolute Gasteiger partial charge is 0.244 e. The van der Waals surface area contributed by atoms with Gasteiger partial charge in [-0.15, -0.1) is 0 Å². The average Bonchev–Trinajstić information content (AvgIpc) is 2.37. The first kappa shape index (κ1) is 12.9. The van der Waals surface area contributed by atoms with Crippen LogP contribution in [0.25, 0.3) is 0 Å². The van der Waals surface area contributed by atoms with Crippen molar-refractivity contribution in [1.29, 1.82) is 0 Å². The molecule has 1 unspecified atom stereocenters. The Hall–Kier alpha value is -2.50. The first-order valence-electron chi connectivity index (χ1n) is 5.66. The number of aryl methyl sites for hydroxylation is 1. The Bertz CT molecular complexity index is 585. The van der Waals surface area contributed by atoms with Crippen LogP contribution in [0.2, 0.25) is 0 Å². The lowest BCUT2D eigenvalue weighted by molar-refractivity contribution is -0.118. The number of halogens is 1. The van der Waals surface area contributed by atoms with Gasteiger partial charge < -0.3 is 11.1 Å². The van der Waals surface area contributed by atoms with E-state index in [2.05, 4.69) is 15.3 Å². The van der Waals surface area contributed by atoms with Gasteiger partial charge in [0.2, 0.25) is 5.91 Å². The maximum atomic E-state index is 12.9. The number of nitrogens with zero attached hydrogens (tertiary/aromatic N) is 2. The minimum Gasteiger partial charge on any atom is -0.368 e. The SMILES string of the molecule is Cc1cc(NC(C(N)=O)c2ccc(F)cc2)ncn1. The van der Waals surface area contributed by atoms with Crippen molar-refractivity contribution < 1.29 is 9.18 Å². The number of aromatic nitrogens is 2. The molecule has 6 heteroatoms. The fourth-order valence-corrected chi connectivity index (χ4v) is 1.66. The molecule has 0 aliphatic heterocycles. The molecule has 2 rings (SSSR count). The van der Waals surface area contributed by atoms with Crippen LogP contribution in [0.1, 0.15) is 17.3 Å². The largest absolute Gasteiger partial charge is 0.368 e. The molecule has 1 heterocycles. The number of anilines is 1. The van der Waals surface area contributed by atoms with Crippen LogP contribution in [0.4, 0.5) is 10.2 Å². The number of carbonyl (C=O) groups is 1. The minimum atomic E-state index is -0.769. The van der Waals surface area contributed by atoms with Gasteiger partial charge in [0.15, 0.2) is 0 Å². The predicted octanol–water partition coefficient (Wildman–Crippen LogP) is 1.56. The van der Waals surface area contributed by atoms with Gasteiger partial charge in [0.05, 0.1) is 0 Å². The Labute approximate surface area is 109 Å². The molecule has 5 nitrogen and oxygen atoms in total. The minimum absolute atomic E-state index is 0.371. The van der Waals surface area contributed by atoms with Crippen molar-refractivity contribution in [3.8, 4) is 0 Å². The first-order valence-corrected chi connectivity index (χ1v) is 5.66. The summed E-state index contributed by atoms with van der Waals surface area (Å²) >= 11 is 0. The number of benzene rings is 1. The number of nitrogens with one attached hydrogen (secondary N) is 1. The number of hydrogen-bond donors (Lipinski definition) is 2. The monoisotopic (exact) mass is 260 g/mol. The van der Waals surface area contributed by atoms with E-state index in [1.54, 1.807) is 6.07 Å². The third kappa shape index (κ3) is 3.25. The highest BCUT2D eigenvalue weighted by Gasteiger charge is 2.18. The summed E-state index contributed by atoms with van der Waals surface area (Å²) in [5, 5.41) is 2.91. The molecule has 0 fully saturated rings. The molecule has 1 amide bonds. The lowest BCUT2D eigenvalue weighted by Gasteiger charge is -2.16. The van der Waals surface area contributed by atoms with Gasteiger partial charge in [-0.1, -0.05) is 12.1 Å². The molecule has 0 bridgehead atoms. The lowest BCUT2D eigenvalue weighted by Crippen LogP contribution is -2.28. The summed E-state index contributed by atoms with van der Waals surface area (Å²) < 4.78 is 12.9. The number of hydrogen-bond acceptors (Lipinski definition) is 4. The van der Waals surface area contributed by atoms with Gasteiger partial charge in [-0.25, -0.2) is 14.4 Å². The number of amides is 1. The second-order valence-corrected chi connectivity index (χ2v) is 4.08. The molecule has 1 aromatic heterocycles. The van der Waals surface area contributed by atoms with Gasteiger partial charge in [0.1, 0.15) is 24.0 Å². The van der Waals surface area contributed by atoms with Crippen LogP contribution in [0.3, 0.4) is 0 Å². The van der Waals surface area contributed by atoms with E-state index in [1.165, 1.54) is 30.6 Å². The molecule has 0 saturated heterocycles. The number of nitrogens with two attached hydrogens (primary N) is 1. The standard InChI is InChI=1S/C13H13FN4O/c1-8-6-11(17-7-16-8)18-12(13(15)19)9-2-4-10(14)5-3-9/h2-7,12H,1H3,(H2,15,19)(H,16,17,18). The highest BCUT2D eigenvalue weighted by molar-refractivity contribution is 5.84. The zero-order valence-corrected chi connectivity index (χ0v) is 10.3. The zero-order valence-electron chi connectivity index (χ0n) is 10.3. The van der Waals surface area contributed by atoms with Crippen molar-refractivity contribution in [3.63, 3.8) is 0 Å². The Morgan fingerprint density at radius 1 is 1.32 bits per heavy atom. The van der Waals surface area contributed by atoms with E-state index in [4.69, 9.17) is 5.73 Å². The van der Waals surface area contributed by atoms with E-state index < -0.39 is 11.9 Å². The zero-order chi connectivity index (χ0) is 13.8. The molecule has 1 aromatic carbocycles. The van der Waals surface area contributed by atoms with Crippen LogP contribution >= 0.6 is 0 Å². The van der Waals surface area contributed by atoms with Gasteiger partial charge in [-0.05, 0) is 24.6 Å². The topological polar surface area (TPSA) is 80.9 Å². The third-order valence-corrected chi connectivity index (χ3v) is 2.58. The molecule has 3 N–H and O–H groups in total. The van der Waals surface area contributed by atoms with Crippen LogP contribution in [0, 0.1) is 12.7 Å². The summed E-state index contributed by atoms with van der Waals surface area (Å²) in [6.07, 6.45) is 1.39. The summed E-state index contributed by atoms with van der Waals surface area (Å²) in [5.41, 5.74) is 6.69. The molecular formula is C13H13FN4O. The van der Waals surface area contributed by atoms with Crippen LogP contribution in [-0.2, 0) is 4.79 Å². The predicted molar refractivity (Wildman–Crippen MR) is 68.7 cm³/mol. The van der Waals surface area contributed by atoms with Crippen molar-refractivity contribution >= 4 is 11.7 Å². The van der Waals surface area contributed by atoms with Gasteiger partial charge in [-0.2, -0.15) is 0 Å². The second kappa shape index (κ2) is 5.43. The maximum absolute atomic E-state index is 12.9. The van der Waals surface area contributed by atoms with Crippen molar-refractivity contribution in [2.75, 3.05) is 5.32 Å². The molecule has 0 spiro atoms. The van der Waals surface area contributed by atoms with Crippen LogP contribution < -0.4 is 11.1 Å². The number of rotatable bonds is 4. The second-order valence-electron chi connectivity index (χ2n) is 4.08. The third-order valence-electron chi connectivity index (χ3n) is 2.58. The van der Waals surface area contributed by atoms with E-state index in [-0.39, 0.29) is 5.82 Å². The highest BCUT2D eigenvalue weighted by atomic mass is 19.1. The molecule has 98 valence electrons. The lowest BCUT2D eigenvalue weighted by atomic mass is 10.1. The van der Waals surface area contributed by atoms with Gasteiger partial charge in [0.25, 0.3) is 0 Å². The van der Waals surface area contributed by atoms with Gasteiger partial charge >= 0.3 is 0 Å². The van der Waals surface area contributed by atoms with Crippen molar-refractivity contribution in [3.05, 3.63) is 53.7 Å². The summed E-state index contributed by atoms with van der Waals surface area (Å²) in [6.45, 7) is 1.81. The molecule has 2 aromatic rings. The molecule has 1 atom stereocenters. The summed E-state index contributed by atoms with van der Waals surface area (Å²) in [5.74, 6) is -0.451. The Morgan fingerprint density at radius 2 is 2.00 bits per heavy atom. The van der Waals surface area contributed by atoms with Gasteiger partial charge in [-0.3, -0.25) is 4.79 Å². The first-order chi connectivity index (χ1) is 9.06. The Kier molecular flexibility index (Phi) is 3.70. The summed E-state index contributed by atoms with van der Waals surface area (Å²) in [6, 6.07) is 6.49. The molecule has 0 saturated carbocycles. The molecule has 0 radical (unpaired) electrons. The number of carbonyl (C=O) groups excluding carboxylic acids is 1.